The highest BCUT2D eigenvalue weighted by atomic mass is 35.5. The van der Waals surface area contributed by atoms with Crippen LogP contribution in [0.2, 0.25) is 10.3 Å². The number of hydrogen-bond donors (Lipinski definition) is 1. The van der Waals surface area contributed by atoms with E-state index in [1.54, 1.807) is 16.0 Å². The number of carbonyl (C=O) groups is 1. The third-order valence-electron chi connectivity index (χ3n) is 3.28. The first-order valence-electron chi connectivity index (χ1n) is 7.32. The molecule has 0 aliphatic carbocycles. The molecule has 0 radical (unpaired) electrons. The third kappa shape index (κ3) is 4.67. The minimum Gasteiger partial charge on any atom is -0.313 e. The molecule has 0 aliphatic rings. The van der Waals surface area contributed by atoms with Gasteiger partial charge in [-0.05, 0) is 0 Å². The van der Waals surface area contributed by atoms with Gasteiger partial charge in [0.25, 0.3) is 11.6 Å². The summed E-state index contributed by atoms with van der Waals surface area (Å²) in [7, 11) is 0. The van der Waals surface area contributed by atoms with Crippen LogP contribution in [0.1, 0.15) is 21.1 Å². The maximum atomic E-state index is 12.1. The van der Waals surface area contributed by atoms with E-state index in [0.717, 1.165) is 0 Å². The van der Waals surface area contributed by atoms with Gasteiger partial charge in [-0.3, -0.25) is 14.9 Å². The van der Waals surface area contributed by atoms with Crippen LogP contribution in [0.4, 0.5) is 5.69 Å². The average molecular weight is 425 g/mol. The van der Waals surface area contributed by atoms with Gasteiger partial charge in [0.1, 0.15) is 15.9 Å². The van der Waals surface area contributed by atoms with Crippen molar-refractivity contribution in [2.24, 2.45) is 5.10 Å². The zero-order chi connectivity index (χ0) is 19.4. The van der Waals surface area contributed by atoms with Crippen molar-refractivity contribution in [2.45, 2.75) is 6.54 Å². The van der Waals surface area contributed by atoms with Crippen molar-refractivity contribution in [3.63, 3.8) is 0 Å². The molecule has 27 heavy (non-hydrogen) atoms. The van der Waals surface area contributed by atoms with Crippen LogP contribution in [0.15, 0.2) is 41.1 Å². The molecule has 3 rings (SSSR count). The number of amides is 1. The fourth-order valence-corrected chi connectivity index (χ4v) is 3.10. The van der Waals surface area contributed by atoms with Crippen molar-refractivity contribution in [1.29, 1.82) is 0 Å². The molecule has 0 unspecified atom stereocenters. The number of non-ortho nitro benzene ring substituents is 1. The lowest BCUT2D eigenvalue weighted by atomic mass is 10.2. The van der Waals surface area contributed by atoms with Crippen LogP contribution in [0.5, 0.6) is 0 Å². The predicted molar refractivity (Wildman–Crippen MR) is 102 cm³/mol. The molecule has 0 spiro atoms. The maximum absolute atomic E-state index is 12.1. The summed E-state index contributed by atoms with van der Waals surface area (Å²) in [5.41, 5.74) is 2.94. The smallest absolute Gasteiger partial charge is 0.290 e. The van der Waals surface area contributed by atoms with Gasteiger partial charge in [-0.25, -0.2) is 15.4 Å². The summed E-state index contributed by atoms with van der Waals surface area (Å²) in [6.07, 6.45) is 2.79. The summed E-state index contributed by atoms with van der Waals surface area (Å²) in [4.78, 5) is 30.4. The van der Waals surface area contributed by atoms with Crippen LogP contribution in [0.3, 0.4) is 0 Å². The van der Waals surface area contributed by atoms with Crippen molar-refractivity contribution in [1.82, 2.24) is 20.0 Å². The van der Waals surface area contributed by atoms with Gasteiger partial charge in [0.15, 0.2) is 5.15 Å². The third-order valence-corrected chi connectivity index (χ3v) is 4.89. The standard InChI is InChI=1S/C15H10Cl2N6O3S/c16-13-14(17)22(8-18-13)6-12-20-11(7-27-12)15(24)21-19-5-9-2-1-3-10(4-9)23(25)26/h1-5,7-8H,6H2,(H,21,24)/b19-5+. The molecule has 0 saturated heterocycles. The van der Waals surface area contributed by atoms with Crippen molar-refractivity contribution in [3.8, 4) is 0 Å². The van der Waals surface area contributed by atoms with Crippen molar-refractivity contribution in [2.75, 3.05) is 0 Å². The lowest BCUT2D eigenvalue weighted by Gasteiger charge is -1.99. The quantitative estimate of drug-likeness (QED) is 0.369. The molecule has 9 nitrogen and oxygen atoms in total. The number of nitro groups is 1. The number of hydrazone groups is 1. The summed E-state index contributed by atoms with van der Waals surface area (Å²) in [5.74, 6) is -0.506. The maximum Gasteiger partial charge on any atom is 0.290 e. The number of nitrogens with zero attached hydrogens (tertiary/aromatic N) is 5. The normalized spacial score (nSPS) is 11.0. The molecule has 3 aromatic rings. The Morgan fingerprint density at radius 2 is 2.26 bits per heavy atom. The predicted octanol–water partition coefficient (Wildman–Crippen LogP) is 3.37. The minimum atomic E-state index is -0.508. The second-order valence-electron chi connectivity index (χ2n) is 5.13. The molecule has 12 heteroatoms. The summed E-state index contributed by atoms with van der Waals surface area (Å²) < 4.78 is 1.60. The van der Waals surface area contributed by atoms with Crippen LogP contribution in [-0.2, 0) is 6.54 Å². The zero-order valence-electron chi connectivity index (χ0n) is 13.4. The number of benzene rings is 1. The molecule has 2 heterocycles. The summed E-state index contributed by atoms with van der Waals surface area (Å²) in [6.45, 7) is 0.327. The summed E-state index contributed by atoms with van der Waals surface area (Å²) in [5, 5.41) is 17.2. The topological polar surface area (TPSA) is 115 Å². The van der Waals surface area contributed by atoms with Crippen molar-refractivity contribution < 1.29 is 9.72 Å². The Kier molecular flexibility index (Phi) is 5.79. The van der Waals surface area contributed by atoms with Crippen LogP contribution in [0.25, 0.3) is 0 Å². The van der Waals surface area contributed by atoms with E-state index in [0.29, 0.717) is 22.3 Å². The Bertz CT molecular complexity index is 1030. The first-order valence-corrected chi connectivity index (χ1v) is 8.96. The SMILES string of the molecule is O=C(N/N=C/c1cccc([N+](=O)[O-])c1)c1csc(Cn2cnc(Cl)c2Cl)n1. The molecular weight excluding hydrogens is 415 g/mol. The molecule has 0 saturated carbocycles. The zero-order valence-corrected chi connectivity index (χ0v) is 15.7. The number of hydrogen-bond acceptors (Lipinski definition) is 7. The van der Waals surface area contributed by atoms with Crippen LogP contribution < -0.4 is 5.43 Å². The van der Waals surface area contributed by atoms with E-state index in [2.05, 4.69) is 20.5 Å². The Balaban J connectivity index is 1.62. The van der Waals surface area contributed by atoms with Gasteiger partial charge < -0.3 is 4.57 Å². The fourth-order valence-electron chi connectivity index (χ4n) is 2.03. The molecule has 0 aliphatic heterocycles. The highest BCUT2D eigenvalue weighted by molar-refractivity contribution is 7.09. The van der Waals surface area contributed by atoms with E-state index in [4.69, 9.17) is 23.2 Å². The fraction of sp³-hybridized carbons (Fsp3) is 0.0667. The van der Waals surface area contributed by atoms with E-state index >= 15 is 0 Å². The molecule has 138 valence electrons. The number of imidazole rings is 1. The van der Waals surface area contributed by atoms with E-state index in [1.165, 1.54) is 42.1 Å². The molecule has 1 amide bonds. The monoisotopic (exact) mass is 424 g/mol. The lowest BCUT2D eigenvalue weighted by molar-refractivity contribution is -0.384. The van der Waals surface area contributed by atoms with Gasteiger partial charge in [-0.2, -0.15) is 5.10 Å². The summed E-state index contributed by atoms with van der Waals surface area (Å²) in [6, 6.07) is 5.87. The minimum absolute atomic E-state index is 0.0623. The number of aromatic nitrogens is 3. The lowest BCUT2D eigenvalue weighted by Crippen LogP contribution is -2.18. The molecular formula is C15H10Cl2N6O3S. The van der Waals surface area contributed by atoms with Crippen LogP contribution in [0, 0.1) is 10.1 Å². The number of nitrogens with one attached hydrogen (secondary N) is 1. The van der Waals surface area contributed by atoms with Crippen LogP contribution in [-0.4, -0.2) is 31.6 Å². The summed E-state index contributed by atoms with van der Waals surface area (Å²) >= 11 is 13.1. The number of rotatable bonds is 6. The Hall–Kier alpha value is -2.82. The largest absolute Gasteiger partial charge is 0.313 e. The molecule has 1 aromatic carbocycles. The highest BCUT2D eigenvalue weighted by Gasteiger charge is 2.13. The van der Waals surface area contributed by atoms with Crippen molar-refractivity contribution >= 4 is 52.3 Å². The number of nitro benzene ring substituents is 1. The Morgan fingerprint density at radius 3 is 2.96 bits per heavy atom. The molecule has 0 atom stereocenters. The number of thiazole rings is 1. The van der Waals surface area contributed by atoms with Gasteiger partial charge >= 0.3 is 0 Å². The van der Waals surface area contributed by atoms with Gasteiger partial charge in [0, 0.05) is 23.1 Å². The van der Waals surface area contributed by atoms with Gasteiger partial charge in [0.05, 0.1) is 24.0 Å². The highest BCUT2D eigenvalue weighted by Crippen LogP contribution is 2.21. The molecule has 1 N–H and O–H groups in total. The van der Waals surface area contributed by atoms with Crippen LogP contribution >= 0.6 is 34.5 Å². The average Bonchev–Trinajstić information content (AvgIpc) is 3.24. The number of halogens is 2. The van der Waals surface area contributed by atoms with E-state index < -0.39 is 10.8 Å². The first kappa shape index (κ1) is 19.0. The van der Waals surface area contributed by atoms with Gasteiger partial charge in [-0.15, -0.1) is 11.3 Å². The second kappa shape index (κ2) is 8.25. The second-order valence-corrected chi connectivity index (χ2v) is 6.79. The molecule has 0 fully saturated rings. The Labute approximate surface area is 166 Å². The molecule has 0 bridgehead atoms. The van der Waals surface area contributed by atoms with E-state index in [-0.39, 0.29) is 16.5 Å². The first-order chi connectivity index (χ1) is 12.9. The van der Waals surface area contributed by atoms with E-state index in [1.807, 2.05) is 0 Å². The molecule has 2 aromatic heterocycles. The van der Waals surface area contributed by atoms with Gasteiger partial charge in [0.2, 0.25) is 0 Å². The Morgan fingerprint density at radius 1 is 1.44 bits per heavy atom. The van der Waals surface area contributed by atoms with Crippen molar-refractivity contribution in [3.05, 3.63) is 72.7 Å². The number of carbonyl (C=O) groups excluding carboxylic acids is 1. The van der Waals surface area contributed by atoms with Gasteiger partial charge in [-0.1, -0.05) is 35.3 Å². The van der Waals surface area contributed by atoms with E-state index in [9.17, 15) is 14.9 Å².